The van der Waals surface area contributed by atoms with Crippen LogP contribution in [0, 0.1) is 16.7 Å². The van der Waals surface area contributed by atoms with Crippen molar-refractivity contribution in [1.29, 1.82) is 10.7 Å². The summed E-state index contributed by atoms with van der Waals surface area (Å²) in [6.07, 6.45) is 0. The molecule has 0 fully saturated rings. The second-order valence-corrected chi connectivity index (χ2v) is 4.09. The van der Waals surface area contributed by atoms with Crippen molar-refractivity contribution in [3.63, 3.8) is 0 Å². The van der Waals surface area contributed by atoms with E-state index < -0.39 is 5.84 Å². The zero-order valence-corrected chi connectivity index (χ0v) is 10.3. The molecule has 0 unspecified atom stereocenters. The van der Waals surface area contributed by atoms with Gasteiger partial charge in [-0.2, -0.15) is 10.4 Å². The van der Waals surface area contributed by atoms with E-state index in [1.54, 1.807) is 36.2 Å². The van der Waals surface area contributed by atoms with Crippen LogP contribution < -0.4 is 11.2 Å². The third kappa shape index (κ3) is 2.24. The summed E-state index contributed by atoms with van der Waals surface area (Å²) < 4.78 is 0. The number of nitrogens with one attached hydrogen (secondary N) is 2. The summed E-state index contributed by atoms with van der Waals surface area (Å²) >= 11 is 0. The molecule has 1 aliphatic heterocycles. The van der Waals surface area contributed by atoms with Crippen LogP contribution in [0.4, 0.5) is 5.69 Å². The highest BCUT2D eigenvalue weighted by atomic mass is 16.2. The average Bonchev–Trinajstić information content (AvgIpc) is 2.67. The number of carbonyl (C=O) groups is 1. The Hall–Kier alpha value is -2.88. The van der Waals surface area contributed by atoms with Gasteiger partial charge in [-0.3, -0.25) is 15.6 Å². The van der Waals surface area contributed by atoms with Crippen LogP contribution in [0.5, 0.6) is 0 Å². The van der Waals surface area contributed by atoms with E-state index in [1.807, 2.05) is 0 Å². The number of amidine groups is 1. The maximum atomic E-state index is 11.8. The van der Waals surface area contributed by atoms with Crippen molar-refractivity contribution in [3.05, 3.63) is 29.3 Å². The zero-order chi connectivity index (χ0) is 14.0. The molecule has 19 heavy (non-hydrogen) atoms. The van der Waals surface area contributed by atoms with Crippen molar-refractivity contribution >= 4 is 23.1 Å². The van der Waals surface area contributed by atoms with Gasteiger partial charge in [0.15, 0.2) is 5.84 Å². The molecule has 1 aromatic carbocycles. The summed E-state index contributed by atoms with van der Waals surface area (Å²) in [6.45, 7) is 0.481. The number of anilines is 1. The van der Waals surface area contributed by atoms with Crippen molar-refractivity contribution in [1.82, 2.24) is 4.90 Å². The lowest BCUT2D eigenvalue weighted by Crippen LogP contribution is -2.22. The molecule has 0 radical (unpaired) electrons. The predicted octanol–water partition coefficient (Wildman–Crippen LogP) is 0.500. The number of rotatable bonds is 3. The van der Waals surface area contributed by atoms with Gasteiger partial charge >= 0.3 is 0 Å². The molecule has 0 bridgehead atoms. The van der Waals surface area contributed by atoms with Crippen LogP contribution in [0.15, 0.2) is 23.3 Å². The number of nitrogens with two attached hydrogens (primary N) is 1. The van der Waals surface area contributed by atoms with Gasteiger partial charge in [0.05, 0.1) is 5.69 Å². The zero-order valence-electron chi connectivity index (χ0n) is 10.3. The summed E-state index contributed by atoms with van der Waals surface area (Å²) in [6, 6.07) is 6.94. The van der Waals surface area contributed by atoms with Crippen molar-refractivity contribution in [2.75, 3.05) is 12.5 Å². The third-order valence-electron chi connectivity index (χ3n) is 2.80. The first-order chi connectivity index (χ1) is 9.04. The van der Waals surface area contributed by atoms with E-state index in [4.69, 9.17) is 16.4 Å². The molecule has 4 N–H and O–H groups in total. The molecule has 0 saturated heterocycles. The van der Waals surface area contributed by atoms with E-state index in [9.17, 15) is 4.79 Å². The fraction of sp³-hybridized carbons (Fsp3) is 0.167. The highest BCUT2D eigenvalue weighted by Gasteiger charge is 2.26. The number of nitriles is 1. The maximum Gasteiger partial charge on any atom is 0.254 e. The van der Waals surface area contributed by atoms with Gasteiger partial charge in [0, 0.05) is 24.7 Å². The first kappa shape index (κ1) is 12.6. The smallest absolute Gasteiger partial charge is 0.254 e. The van der Waals surface area contributed by atoms with Crippen molar-refractivity contribution in [3.8, 4) is 6.07 Å². The van der Waals surface area contributed by atoms with Gasteiger partial charge < -0.3 is 10.6 Å². The molecule has 0 spiro atoms. The van der Waals surface area contributed by atoms with E-state index in [0.717, 1.165) is 5.56 Å². The Morgan fingerprint density at radius 1 is 1.63 bits per heavy atom. The fourth-order valence-electron chi connectivity index (χ4n) is 1.84. The molecule has 1 aliphatic rings. The summed E-state index contributed by atoms with van der Waals surface area (Å²) in [4.78, 5) is 13.4. The number of carbonyl (C=O) groups excluding carboxylic acids is 1. The summed E-state index contributed by atoms with van der Waals surface area (Å²) in [5.41, 5.74) is 9.74. The van der Waals surface area contributed by atoms with Crippen LogP contribution in [-0.4, -0.2) is 29.4 Å². The van der Waals surface area contributed by atoms with Crippen LogP contribution in [0.2, 0.25) is 0 Å². The number of hydrazone groups is 1. The Kier molecular flexibility index (Phi) is 3.16. The largest absolute Gasteiger partial charge is 0.382 e. The molecule has 0 atom stereocenters. The number of fused-ring (bicyclic) bond motifs is 1. The summed E-state index contributed by atoms with van der Waals surface area (Å²) in [7, 11) is 1.71. The summed E-state index contributed by atoms with van der Waals surface area (Å²) in [5.74, 6) is -0.453. The second kappa shape index (κ2) is 4.78. The first-order valence-electron chi connectivity index (χ1n) is 5.50. The number of hydrogen-bond donors (Lipinski definition) is 3. The Morgan fingerprint density at radius 2 is 2.37 bits per heavy atom. The molecule has 96 valence electrons. The molecule has 1 aromatic rings. The molecule has 2 rings (SSSR count). The second-order valence-electron chi connectivity index (χ2n) is 4.09. The van der Waals surface area contributed by atoms with Crippen molar-refractivity contribution < 1.29 is 4.79 Å². The maximum absolute atomic E-state index is 11.8. The van der Waals surface area contributed by atoms with Gasteiger partial charge in [0.25, 0.3) is 5.91 Å². The molecular formula is C12H12N6O. The van der Waals surface area contributed by atoms with Gasteiger partial charge in [-0.1, -0.05) is 6.07 Å². The lowest BCUT2D eigenvalue weighted by molar-refractivity contribution is 0.0816. The van der Waals surface area contributed by atoms with Gasteiger partial charge in [0.2, 0.25) is 5.71 Å². The highest BCUT2D eigenvalue weighted by Crippen LogP contribution is 2.28. The average molecular weight is 256 g/mol. The third-order valence-corrected chi connectivity index (χ3v) is 2.80. The molecule has 7 heteroatoms. The molecule has 0 saturated carbocycles. The minimum Gasteiger partial charge on any atom is -0.382 e. The van der Waals surface area contributed by atoms with E-state index in [1.165, 1.54) is 0 Å². The molecule has 1 amide bonds. The Labute approximate surface area is 109 Å². The van der Waals surface area contributed by atoms with E-state index in [0.29, 0.717) is 17.8 Å². The molecule has 7 nitrogen and oxygen atoms in total. The quantitative estimate of drug-likeness (QED) is 0.414. The Balaban J connectivity index is 2.33. The fourth-order valence-corrected chi connectivity index (χ4v) is 1.84. The van der Waals surface area contributed by atoms with Gasteiger partial charge in [-0.05, 0) is 12.1 Å². The van der Waals surface area contributed by atoms with Crippen molar-refractivity contribution in [2.45, 2.75) is 6.54 Å². The first-order valence-corrected chi connectivity index (χ1v) is 5.50. The SMILES string of the molecule is CN1Cc2c(N/N=C(\C#N)C(=N)N)cccc2C1=O. The van der Waals surface area contributed by atoms with Crippen molar-refractivity contribution in [2.24, 2.45) is 10.8 Å². The van der Waals surface area contributed by atoms with Gasteiger partial charge in [-0.25, -0.2) is 0 Å². The van der Waals surface area contributed by atoms with E-state index in [-0.39, 0.29) is 11.6 Å². The minimum absolute atomic E-state index is 0.0466. The topological polar surface area (TPSA) is 118 Å². The van der Waals surface area contributed by atoms with Crippen LogP contribution in [0.25, 0.3) is 0 Å². The highest BCUT2D eigenvalue weighted by molar-refractivity contribution is 6.45. The standard InChI is InChI=1S/C12H12N6O/c1-18-6-8-7(12(18)19)3-2-4-9(8)16-17-10(5-13)11(14)15/h2-4,16H,6H2,1H3,(H3,14,15)/b17-10+. The number of amides is 1. The minimum atomic E-state index is -0.407. The van der Waals surface area contributed by atoms with Crippen LogP contribution in [0.1, 0.15) is 15.9 Å². The molecule has 0 aliphatic carbocycles. The van der Waals surface area contributed by atoms with Crippen LogP contribution in [0.3, 0.4) is 0 Å². The van der Waals surface area contributed by atoms with E-state index in [2.05, 4.69) is 10.5 Å². The molecule has 0 aromatic heterocycles. The number of hydrogen-bond acceptors (Lipinski definition) is 5. The summed E-state index contributed by atoms with van der Waals surface area (Å²) in [5, 5.41) is 19.7. The van der Waals surface area contributed by atoms with Crippen LogP contribution in [-0.2, 0) is 6.54 Å². The Bertz CT molecular complexity index is 628. The van der Waals surface area contributed by atoms with Gasteiger partial charge in [0.1, 0.15) is 6.07 Å². The van der Waals surface area contributed by atoms with Gasteiger partial charge in [-0.15, -0.1) is 0 Å². The predicted molar refractivity (Wildman–Crippen MR) is 70.8 cm³/mol. The lowest BCUT2D eigenvalue weighted by atomic mass is 10.1. The number of nitrogens with zero attached hydrogens (tertiary/aromatic N) is 3. The van der Waals surface area contributed by atoms with Crippen LogP contribution >= 0.6 is 0 Å². The van der Waals surface area contributed by atoms with E-state index >= 15 is 0 Å². The molecule has 1 heterocycles. The number of benzene rings is 1. The lowest BCUT2D eigenvalue weighted by Gasteiger charge is -2.07. The monoisotopic (exact) mass is 256 g/mol. The Morgan fingerprint density at radius 3 is 3.00 bits per heavy atom. The molecular weight excluding hydrogens is 244 g/mol. The normalized spacial score (nSPS) is 14.0.